The highest BCUT2D eigenvalue weighted by atomic mass is 32.2. The third-order valence-corrected chi connectivity index (χ3v) is 5.44. The van der Waals surface area contributed by atoms with Gasteiger partial charge < -0.3 is 10.8 Å². The van der Waals surface area contributed by atoms with Gasteiger partial charge in [0.05, 0.1) is 11.3 Å². The van der Waals surface area contributed by atoms with Gasteiger partial charge in [-0.3, -0.25) is 4.99 Å². The smallest absolute Gasteiger partial charge is 0.155 e. The first-order chi connectivity index (χ1) is 11.0. The Balaban J connectivity index is 2.00. The number of aliphatic hydroxyl groups is 1. The lowest BCUT2D eigenvalue weighted by atomic mass is 9.90. The molecule has 0 fully saturated rings. The molecule has 0 saturated heterocycles. The summed E-state index contributed by atoms with van der Waals surface area (Å²) in [7, 11) is 0. The van der Waals surface area contributed by atoms with Crippen molar-refractivity contribution in [3.8, 4) is 0 Å². The van der Waals surface area contributed by atoms with Crippen LogP contribution in [-0.2, 0) is 0 Å². The maximum Gasteiger partial charge on any atom is 0.155 e. The summed E-state index contributed by atoms with van der Waals surface area (Å²) < 4.78 is 0. The highest BCUT2D eigenvalue weighted by Gasteiger charge is 2.37. The van der Waals surface area contributed by atoms with E-state index in [1.165, 1.54) is 22.3 Å². The minimum absolute atomic E-state index is 0.0470. The molecule has 4 heteroatoms. The zero-order chi connectivity index (χ0) is 16.6. The number of hydrogen-bond donors (Lipinski definition) is 2. The van der Waals surface area contributed by atoms with Crippen LogP contribution in [0.4, 0.5) is 0 Å². The number of aliphatic hydroxyl groups excluding tert-OH is 1. The van der Waals surface area contributed by atoms with Crippen molar-refractivity contribution in [1.29, 1.82) is 0 Å². The molecule has 2 aromatic rings. The van der Waals surface area contributed by atoms with E-state index < -0.39 is 6.10 Å². The van der Waals surface area contributed by atoms with E-state index in [-0.39, 0.29) is 11.3 Å². The summed E-state index contributed by atoms with van der Waals surface area (Å²) in [6.07, 6.45) is -0.658. The van der Waals surface area contributed by atoms with Crippen LogP contribution in [0.3, 0.4) is 0 Å². The molecular formula is C19H22N2OS. The number of nitrogens with two attached hydrogens (primary N) is 1. The quantitative estimate of drug-likeness (QED) is 0.901. The highest BCUT2D eigenvalue weighted by Crippen LogP contribution is 2.46. The Morgan fingerprint density at radius 1 is 1.09 bits per heavy atom. The van der Waals surface area contributed by atoms with Crippen molar-refractivity contribution < 1.29 is 5.11 Å². The van der Waals surface area contributed by atoms with Gasteiger partial charge in [0.1, 0.15) is 6.10 Å². The zero-order valence-corrected chi connectivity index (χ0v) is 14.5. The lowest BCUT2D eigenvalue weighted by Crippen LogP contribution is -2.21. The maximum atomic E-state index is 10.8. The zero-order valence-electron chi connectivity index (χ0n) is 13.7. The van der Waals surface area contributed by atoms with Crippen molar-refractivity contribution in [2.45, 2.75) is 38.2 Å². The highest BCUT2D eigenvalue weighted by molar-refractivity contribution is 8.14. The molecule has 1 heterocycles. The predicted molar refractivity (Wildman–Crippen MR) is 97.8 cm³/mol. The van der Waals surface area contributed by atoms with Crippen LogP contribution in [0.25, 0.3) is 0 Å². The van der Waals surface area contributed by atoms with Gasteiger partial charge in [0.15, 0.2) is 5.17 Å². The van der Waals surface area contributed by atoms with E-state index in [9.17, 15) is 5.11 Å². The third-order valence-electron chi connectivity index (χ3n) is 4.32. The van der Waals surface area contributed by atoms with Crippen LogP contribution in [0.15, 0.2) is 47.5 Å². The van der Waals surface area contributed by atoms with E-state index in [4.69, 9.17) is 5.73 Å². The largest absolute Gasteiger partial charge is 0.386 e. The fourth-order valence-electron chi connectivity index (χ4n) is 3.40. The molecule has 3 N–H and O–H groups in total. The number of aliphatic imine (C=N–C) groups is 1. The number of amidine groups is 1. The summed E-state index contributed by atoms with van der Waals surface area (Å²) in [6.45, 7) is 6.35. The summed E-state index contributed by atoms with van der Waals surface area (Å²) in [5.74, 6) is 0. The Labute approximate surface area is 141 Å². The van der Waals surface area contributed by atoms with E-state index in [1.54, 1.807) is 11.8 Å². The molecule has 3 rings (SSSR count). The van der Waals surface area contributed by atoms with Crippen molar-refractivity contribution in [1.82, 2.24) is 0 Å². The second kappa shape index (κ2) is 6.38. The molecule has 3 atom stereocenters. The van der Waals surface area contributed by atoms with Gasteiger partial charge in [-0.05, 0) is 43.0 Å². The molecule has 0 spiro atoms. The van der Waals surface area contributed by atoms with Crippen molar-refractivity contribution >= 4 is 16.9 Å². The number of thioether (sulfide) groups is 1. The van der Waals surface area contributed by atoms with Gasteiger partial charge in [-0.2, -0.15) is 0 Å². The van der Waals surface area contributed by atoms with E-state index >= 15 is 0 Å². The van der Waals surface area contributed by atoms with Gasteiger partial charge >= 0.3 is 0 Å². The number of nitrogens with zero attached hydrogens (tertiary/aromatic N) is 1. The molecular weight excluding hydrogens is 304 g/mol. The summed E-state index contributed by atoms with van der Waals surface area (Å²) in [4.78, 5) is 4.53. The van der Waals surface area contributed by atoms with Crippen LogP contribution in [0.5, 0.6) is 0 Å². The molecule has 2 aromatic carbocycles. The van der Waals surface area contributed by atoms with Crippen LogP contribution in [0.2, 0.25) is 0 Å². The minimum atomic E-state index is -0.658. The molecule has 0 aromatic heterocycles. The molecule has 3 nitrogen and oxygen atoms in total. The fraction of sp³-hybridized carbons (Fsp3) is 0.316. The molecule has 1 aliphatic heterocycles. The lowest BCUT2D eigenvalue weighted by molar-refractivity contribution is 0.147. The molecule has 23 heavy (non-hydrogen) atoms. The standard InChI is InChI=1S/C19H22N2OS/c1-11-9-12(2)15(13(3)10-11)18-16(21-19(20)23-18)17(22)14-7-5-4-6-8-14/h4-10,16-18,22H,1-3H3,(H2,20,21). The van der Waals surface area contributed by atoms with Crippen LogP contribution >= 0.6 is 11.8 Å². The second-order valence-electron chi connectivity index (χ2n) is 6.16. The summed E-state index contributed by atoms with van der Waals surface area (Å²) >= 11 is 1.55. The van der Waals surface area contributed by atoms with Gasteiger partial charge in [-0.15, -0.1) is 0 Å². The molecule has 0 radical (unpaired) electrons. The number of rotatable bonds is 3. The van der Waals surface area contributed by atoms with Crippen molar-refractivity contribution in [2.75, 3.05) is 0 Å². The molecule has 120 valence electrons. The van der Waals surface area contributed by atoms with Crippen LogP contribution < -0.4 is 5.73 Å². The van der Waals surface area contributed by atoms with E-state index in [0.717, 1.165) is 5.56 Å². The normalized spacial score (nSPS) is 22.0. The van der Waals surface area contributed by atoms with Gasteiger partial charge in [0.25, 0.3) is 0 Å². The van der Waals surface area contributed by atoms with Crippen LogP contribution in [0.1, 0.15) is 39.2 Å². The molecule has 3 unspecified atom stereocenters. The first-order valence-corrected chi connectivity index (χ1v) is 8.66. The molecule has 0 amide bonds. The van der Waals surface area contributed by atoms with Crippen molar-refractivity contribution in [2.24, 2.45) is 10.7 Å². The van der Waals surface area contributed by atoms with Crippen LogP contribution in [-0.4, -0.2) is 16.3 Å². The number of hydrogen-bond acceptors (Lipinski definition) is 4. The number of aryl methyl sites for hydroxylation is 3. The molecule has 1 aliphatic rings. The average molecular weight is 326 g/mol. The average Bonchev–Trinajstić information content (AvgIpc) is 2.88. The first-order valence-electron chi connectivity index (χ1n) is 7.78. The second-order valence-corrected chi connectivity index (χ2v) is 7.33. The molecule has 0 aliphatic carbocycles. The van der Waals surface area contributed by atoms with Crippen molar-refractivity contribution in [3.05, 3.63) is 70.3 Å². The topological polar surface area (TPSA) is 58.6 Å². The SMILES string of the molecule is Cc1cc(C)c(C2SC(N)=NC2C(O)c2ccccc2)c(C)c1. The monoisotopic (exact) mass is 326 g/mol. The van der Waals surface area contributed by atoms with Gasteiger partial charge in [-0.25, -0.2) is 0 Å². The van der Waals surface area contributed by atoms with E-state index in [0.29, 0.717) is 5.17 Å². The Hall–Kier alpha value is -1.78. The first kappa shape index (κ1) is 16.1. The Morgan fingerprint density at radius 3 is 2.30 bits per heavy atom. The Kier molecular flexibility index (Phi) is 4.46. The lowest BCUT2D eigenvalue weighted by Gasteiger charge is -2.25. The number of benzene rings is 2. The summed E-state index contributed by atoms with van der Waals surface area (Å²) in [5.41, 5.74) is 11.8. The van der Waals surface area contributed by atoms with Crippen LogP contribution in [0, 0.1) is 20.8 Å². The van der Waals surface area contributed by atoms with Crippen molar-refractivity contribution in [3.63, 3.8) is 0 Å². The van der Waals surface area contributed by atoms with Gasteiger partial charge in [0, 0.05) is 0 Å². The Morgan fingerprint density at radius 2 is 1.70 bits per heavy atom. The third kappa shape index (κ3) is 3.14. The predicted octanol–water partition coefficient (Wildman–Crippen LogP) is 3.82. The summed E-state index contributed by atoms with van der Waals surface area (Å²) in [6, 6.07) is 13.8. The summed E-state index contributed by atoms with van der Waals surface area (Å²) in [5, 5.41) is 11.4. The Bertz CT molecular complexity index is 719. The van der Waals surface area contributed by atoms with Gasteiger partial charge in [0.2, 0.25) is 0 Å². The minimum Gasteiger partial charge on any atom is -0.386 e. The molecule has 0 bridgehead atoms. The van der Waals surface area contributed by atoms with E-state index in [2.05, 4.69) is 37.9 Å². The fourth-order valence-corrected chi connectivity index (χ4v) is 4.68. The molecule has 0 saturated carbocycles. The maximum absolute atomic E-state index is 10.8. The van der Waals surface area contributed by atoms with Gasteiger partial charge in [-0.1, -0.05) is 59.8 Å². The van der Waals surface area contributed by atoms with E-state index in [1.807, 2.05) is 30.3 Å².